The molecule has 6 atom stereocenters. The van der Waals surface area contributed by atoms with Crippen molar-refractivity contribution < 1.29 is 28.5 Å². The fourth-order valence-electron chi connectivity index (χ4n) is 4.01. The number of hydrogen-bond acceptors (Lipinski definition) is 6. The van der Waals surface area contributed by atoms with E-state index in [1.165, 1.54) is 6.92 Å². The molecule has 2 saturated heterocycles. The molecule has 2 aliphatic rings. The molecule has 7 nitrogen and oxygen atoms in total. The Kier molecular flexibility index (Phi) is 7.68. The average Bonchev–Trinajstić information content (AvgIpc) is 2.82. The molecule has 0 saturated carbocycles. The van der Waals surface area contributed by atoms with Gasteiger partial charge in [-0.2, -0.15) is 0 Å². The van der Waals surface area contributed by atoms with Crippen LogP contribution in [0.4, 0.5) is 0 Å². The van der Waals surface area contributed by atoms with Crippen LogP contribution >= 0.6 is 0 Å². The number of benzene rings is 2. The number of ether oxygens (including phenoxy) is 5. The standard InChI is InChI=1S/C25H29NO6/c1-3-14-28-23-21(26-17(2)27)25(29-15-18-10-6-4-7-11-18)31-20-16-30-24(32-22(20)23)19-12-8-5-9-13-19/h3-13,20-25H,1,14-16H2,2H3,(H,26,27)/t20-,21+,22-,23-,24+,25-/m1/s1. The Bertz CT molecular complexity index is 877. The highest BCUT2D eigenvalue weighted by atomic mass is 16.7. The molecule has 0 unspecified atom stereocenters. The van der Waals surface area contributed by atoms with E-state index in [1.807, 2.05) is 60.7 Å². The summed E-state index contributed by atoms with van der Waals surface area (Å²) in [6, 6.07) is 18.9. The molecule has 0 aliphatic carbocycles. The van der Waals surface area contributed by atoms with Crippen LogP contribution in [0.2, 0.25) is 0 Å². The molecule has 1 amide bonds. The Balaban J connectivity index is 1.55. The molecule has 0 bridgehead atoms. The van der Waals surface area contributed by atoms with Gasteiger partial charge in [0.05, 0.1) is 19.8 Å². The number of carbonyl (C=O) groups is 1. The zero-order chi connectivity index (χ0) is 22.3. The van der Waals surface area contributed by atoms with Crippen molar-refractivity contribution in [1.29, 1.82) is 0 Å². The zero-order valence-electron chi connectivity index (χ0n) is 18.1. The first-order valence-corrected chi connectivity index (χ1v) is 10.8. The number of hydrogen-bond donors (Lipinski definition) is 1. The van der Waals surface area contributed by atoms with E-state index in [2.05, 4.69) is 11.9 Å². The summed E-state index contributed by atoms with van der Waals surface area (Å²) in [6.45, 7) is 6.16. The molecule has 2 heterocycles. The van der Waals surface area contributed by atoms with Gasteiger partial charge in [0.1, 0.15) is 24.4 Å². The van der Waals surface area contributed by atoms with Crippen molar-refractivity contribution in [2.24, 2.45) is 0 Å². The Morgan fingerprint density at radius 1 is 1.09 bits per heavy atom. The second kappa shape index (κ2) is 10.8. The fourth-order valence-corrected chi connectivity index (χ4v) is 4.01. The lowest BCUT2D eigenvalue weighted by Crippen LogP contribution is -2.67. The predicted octanol–water partition coefficient (Wildman–Crippen LogP) is 3.12. The molecule has 2 aromatic rings. The van der Waals surface area contributed by atoms with Crippen molar-refractivity contribution in [1.82, 2.24) is 5.32 Å². The molecule has 4 rings (SSSR count). The third-order valence-electron chi connectivity index (χ3n) is 5.44. The van der Waals surface area contributed by atoms with E-state index in [0.29, 0.717) is 19.8 Å². The minimum absolute atomic E-state index is 0.204. The van der Waals surface area contributed by atoms with Crippen molar-refractivity contribution in [2.45, 2.75) is 50.5 Å². The summed E-state index contributed by atoms with van der Waals surface area (Å²) in [4.78, 5) is 12.0. The van der Waals surface area contributed by atoms with E-state index in [1.54, 1.807) is 6.08 Å². The van der Waals surface area contributed by atoms with E-state index in [-0.39, 0.29) is 5.91 Å². The van der Waals surface area contributed by atoms with Gasteiger partial charge in [0, 0.05) is 12.5 Å². The van der Waals surface area contributed by atoms with Crippen molar-refractivity contribution in [3.8, 4) is 0 Å². The van der Waals surface area contributed by atoms with Crippen molar-refractivity contribution >= 4 is 5.91 Å². The molecule has 0 spiro atoms. The van der Waals surface area contributed by atoms with Crippen LogP contribution in [0.3, 0.4) is 0 Å². The maximum Gasteiger partial charge on any atom is 0.217 e. The van der Waals surface area contributed by atoms with Gasteiger partial charge in [0.15, 0.2) is 12.6 Å². The van der Waals surface area contributed by atoms with Crippen LogP contribution in [0.25, 0.3) is 0 Å². The van der Waals surface area contributed by atoms with E-state index in [4.69, 9.17) is 23.7 Å². The summed E-state index contributed by atoms with van der Waals surface area (Å²) in [5.41, 5.74) is 1.91. The number of nitrogens with one attached hydrogen (secondary N) is 1. The molecule has 170 valence electrons. The number of amides is 1. The molecule has 2 fully saturated rings. The van der Waals surface area contributed by atoms with Gasteiger partial charge >= 0.3 is 0 Å². The van der Waals surface area contributed by atoms with Gasteiger partial charge < -0.3 is 29.0 Å². The van der Waals surface area contributed by atoms with Crippen LogP contribution < -0.4 is 5.32 Å². The largest absolute Gasteiger partial charge is 0.369 e. The molecule has 32 heavy (non-hydrogen) atoms. The summed E-state index contributed by atoms with van der Waals surface area (Å²) < 4.78 is 30.7. The molecule has 0 radical (unpaired) electrons. The minimum Gasteiger partial charge on any atom is -0.369 e. The van der Waals surface area contributed by atoms with Crippen LogP contribution in [0, 0.1) is 0 Å². The van der Waals surface area contributed by atoms with Crippen LogP contribution in [0.5, 0.6) is 0 Å². The third-order valence-corrected chi connectivity index (χ3v) is 5.44. The van der Waals surface area contributed by atoms with Gasteiger partial charge in [-0.15, -0.1) is 6.58 Å². The molecule has 2 aliphatic heterocycles. The maximum atomic E-state index is 12.0. The van der Waals surface area contributed by atoms with Gasteiger partial charge in [0.2, 0.25) is 5.91 Å². The number of carbonyl (C=O) groups excluding carboxylic acids is 1. The quantitative estimate of drug-likeness (QED) is 0.637. The van der Waals surface area contributed by atoms with Gasteiger partial charge in [-0.3, -0.25) is 4.79 Å². The smallest absolute Gasteiger partial charge is 0.217 e. The van der Waals surface area contributed by atoms with Gasteiger partial charge in [-0.1, -0.05) is 66.7 Å². The highest BCUT2D eigenvalue weighted by Gasteiger charge is 2.51. The summed E-state index contributed by atoms with van der Waals surface area (Å²) in [7, 11) is 0. The van der Waals surface area contributed by atoms with E-state index in [9.17, 15) is 4.79 Å². The lowest BCUT2D eigenvalue weighted by molar-refractivity contribution is -0.349. The molecule has 0 aromatic heterocycles. The second-order valence-electron chi connectivity index (χ2n) is 7.83. The van der Waals surface area contributed by atoms with E-state index >= 15 is 0 Å². The normalized spacial score (nSPS) is 29.7. The van der Waals surface area contributed by atoms with Crippen LogP contribution in [0.1, 0.15) is 24.3 Å². The summed E-state index contributed by atoms with van der Waals surface area (Å²) in [5, 5.41) is 2.95. The van der Waals surface area contributed by atoms with E-state index < -0.39 is 36.9 Å². The Morgan fingerprint density at radius 3 is 2.50 bits per heavy atom. The fraction of sp³-hybridized carbons (Fsp3) is 0.400. The lowest BCUT2D eigenvalue weighted by atomic mass is 9.95. The number of rotatable bonds is 8. The third kappa shape index (κ3) is 5.43. The number of fused-ring (bicyclic) bond motifs is 1. The minimum atomic E-state index is -0.726. The first-order chi connectivity index (χ1) is 15.7. The molecular formula is C25H29NO6. The zero-order valence-corrected chi connectivity index (χ0v) is 18.1. The molecule has 2 aromatic carbocycles. The molecule has 1 N–H and O–H groups in total. The summed E-state index contributed by atoms with van der Waals surface area (Å²) >= 11 is 0. The van der Waals surface area contributed by atoms with Gasteiger partial charge in [-0.25, -0.2) is 0 Å². The van der Waals surface area contributed by atoms with E-state index in [0.717, 1.165) is 11.1 Å². The van der Waals surface area contributed by atoms with Crippen molar-refractivity contribution in [2.75, 3.05) is 13.2 Å². The topological polar surface area (TPSA) is 75.3 Å². The Morgan fingerprint density at radius 2 is 1.81 bits per heavy atom. The monoisotopic (exact) mass is 439 g/mol. The Labute approximate surface area is 188 Å². The van der Waals surface area contributed by atoms with Crippen LogP contribution in [0.15, 0.2) is 73.3 Å². The van der Waals surface area contributed by atoms with Gasteiger partial charge in [-0.05, 0) is 5.56 Å². The highest BCUT2D eigenvalue weighted by Crippen LogP contribution is 2.35. The van der Waals surface area contributed by atoms with Crippen LogP contribution in [-0.2, 0) is 35.1 Å². The maximum absolute atomic E-state index is 12.0. The van der Waals surface area contributed by atoms with Gasteiger partial charge in [0.25, 0.3) is 0 Å². The lowest BCUT2D eigenvalue weighted by Gasteiger charge is -2.49. The average molecular weight is 440 g/mol. The Hall–Kier alpha value is -2.55. The predicted molar refractivity (Wildman–Crippen MR) is 117 cm³/mol. The summed E-state index contributed by atoms with van der Waals surface area (Å²) in [6.07, 6.45) is -0.973. The van der Waals surface area contributed by atoms with Crippen molar-refractivity contribution in [3.63, 3.8) is 0 Å². The first-order valence-electron chi connectivity index (χ1n) is 10.8. The highest BCUT2D eigenvalue weighted by molar-refractivity contribution is 5.73. The van der Waals surface area contributed by atoms with Crippen LogP contribution in [-0.4, -0.2) is 49.8 Å². The molecular weight excluding hydrogens is 410 g/mol. The molecule has 7 heteroatoms. The first kappa shape index (κ1) is 22.6. The van der Waals surface area contributed by atoms with Crippen molar-refractivity contribution in [3.05, 3.63) is 84.4 Å². The SMILES string of the molecule is C=CCO[C@@H]1[C@H](NC(C)=O)[C@H](OCc2ccccc2)O[C@@H]2CO[C@H](c3ccccc3)O[C@@H]12. The second-order valence-corrected chi connectivity index (χ2v) is 7.83. The summed E-state index contributed by atoms with van der Waals surface area (Å²) in [5.74, 6) is -0.204.